The van der Waals surface area contributed by atoms with Gasteiger partial charge in [-0.2, -0.15) is 0 Å². The Kier molecular flexibility index (Phi) is 3.57. The fraction of sp³-hybridized carbons (Fsp3) is 0.571. The number of hydrogen-bond donors (Lipinski definition) is 1. The highest BCUT2D eigenvalue weighted by atomic mass is 15.2. The lowest BCUT2D eigenvalue weighted by Gasteiger charge is -2.30. The molecule has 0 aromatic heterocycles. The Bertz CT molecular complexity index is 387. The van der Waals surface area contributed by atoms with E-state index >= 15 is 0 Å². The summed E-state index contributed by atoms with van der Waals surface area (Å²) >= 11 is 0. The van der Waals surface area contributed by atoms with Crippen LogP contribution in [0.4, 0.5) is 11.4 Å². The lowest BCUT2D eigenvalue weighted by atomic mass is 10.1. The molecule has 1 aromatic carbocycles. The number of benzene rings is 1. The summed E-state index contributed by atoms with van der Waals surface area (Å²) in [5.74, 6) is 0. The van der Waals surface area contributed by atoms with Gasteiger partial charge in [0.25, 0.3) is 0 Å². The summed E-state index contributed by atoms with van der Waals surface area (Å²) in [6.45, 7) is 4.31. The van der Waals surface area contributed by atoms with E-state index in [1.807, 2.05) is 0 Å². The number of nitrogens with two attached hydrogens (primary N) is 1. The average Bonchev–Trinajstić information content (AvgIpc) is 2.69. The van der Waals surface area contributed by atoms with E-state index in [0.29, 0.717) is 6.04 Å². The van der Waals surface area contributed by atoms with Crippen LogP contribution in [0.5, 0.6) is 0 Å². The molecular weight excluding hydrogens is 210 g/mol. The number of likely N-dealkylation sites (N-methyl/N-ethyl adjacent to an activating group) is 1. The molecule has 3 heteroatoms. The molecule has 0 spiro atoms. The van der Waals surface area contributed by atoms with Crippen molar-refractivity contribution in [3.63, 3.8) is 0 Å². The summed E-state index contributed by atoms with van der Waals surface area (Å²) in [6, 6.07) is 6.94. The Hall–Kier alpha value is -1.22. The van der Waals surface area contributed by atoms with Gasteiger partial charge in [-0.05, 0) is 45.5 Å². The highest BCUT2D eigenvalue weighted by Gasteiger charge is 2.26. The first kappa shape index (κ1) is 12.2. The van der Waals surface area contributed by atoms with E-state index in [9.17, 15) is 0 Å². The molecule has 1 aliphatic heterocycles. The van der Waals surface area contributed by atoms with Crippen LogP contribution in [0, 0.1) is 6.92 Å². The van der Waals surface area contributed by atoms with Gasteiger partial charge in [-0.1, -0.05) is 12.1 Å². The van der Waals surface area contributed by atoms with Crippen LogP contribution in [-0.4, -0.2) is 38.1 Å². The minimum atomic E-state index is 0.606. The van der Waals surface area contributed by atoms with Gasteiger partial charge >= 0.3 is 0 Å². The van der Waals surface area contributed by atoms with E-state index < -0.39 is 0 Å². The molecule has 1 atom stereocenters. The molecule has 1 saturated heterocycles. The molecule has 0 bridgehead atoms. The lowest BCUT2D eigenvalue weighted by molar-refractivity contribution is 0.372. The molecule has 94 valence electrons. The van der Waals surface area contributed by atoms with Crippen LogP contribution in [0.1, 0.15) is 18.4 Å². The molecule has 0 radical (unpaired) electrons. The van der Waals surface area contributed by atoms with E-state index in [0.717, 1.165) is 18.8 Å². The number of anilines is 2. The summed E-state index contributed by atoms with van der Waals surface area (Å²) < 4.78 is 0. The maximum absolute atomic E-state index is 6.20. The molecule has 1 aliphatic rings. The fourth-order valence-electron chi connectivity index (χ4n) is 2.68. The minimum Gasteiger partial charge on any atom is -0.397 e. The number of hydrogen-bond acceptors (Lipinski definition) is 3. The first-order valence-corrected chi connectivity index (χ1v) is 6.36. The zero-order valence-corrected chi connectivity index (χ0v) is 11.1. The Labute approximate surface area is 104 Å². The van der Waals surface area contributed by atoms with E-state index in [-0.39, 0.29) is 0 Å². The third-order valence-corrected chi connectivity index (χ3v) is 3.56. The number of nitrogen functional groups attached to an aromatic ring is 1. The first-order chi connectivity index (χ1) is 8.09. The molecule has 1 heterocycles. The summed E-state index contributed by atoms with van der Waals surface area (Å²) in [5.41, 5.74) is 9.54. The van der Waals surface area contributed by atoms with Gasteiger partial charge in [0, 0.05) is 19.1 Å². The molecular formula is C14H23N3. The Morgan fingerprint density at radius 2 is 2.18 bits per heavy atom. The van der Waals surface area contributed by atoms with Crippen LogP contribution in [0.2, 0.25) is 0 Å². The van der Waals surface area contributed by atoms with Crippen molar-refractivity contribution in [1.82, 2.24) is 4.90 Å². The number of rotatable bonds is 3. The monoisotopic (exact) mass is 233 g/mol. The van der Waals surface area contributed by atoms with Crippen molar-refractivity contribution in [2.75, 3.05) is 37.8 Å². The number of nitrogens with zero attached hydrogens (tertiary/aromatic N) is 2. The third-order valence-electron chi connectivity index (χ3n) is 3.56. The maximum atomic E-state index is 6.20. The summed E-state index contributed by atoms with van der Waals surface area (Å²) in [6.07, 6.45) is 2.54. The largest absolute Gasteiger partial charge is 0.397 e. The molecule has 3 nitrogen and oxygen atoms in total. The van der Waals surface area contributed by atoms with E-state index in [2.05, 4.69) is 49.0 Å². The molecule has 17 heavy (non-hydrogen) atoms. The Morgan fingerprint density at radius 1 is 1.41 bits per heavy atom. The smallest absolute Gasteiger partial charge is 0.0605 e. The predicted octanol–water partition coefficient (Wildman–Crippen LogP) is 2.11. The van der Waals surface area contributed by atoms with Crippen molar-refractivity contribution in [2.45, 2.75) is 25.8 Å². The van der Waals surface area contributed by atoms with Crippen LogP contribution < -0.4 is 10.6 Å². The molecule has 0 aliphatic carbocycles. The molecule has 1 unspecified atom stereocenters. The second kappa shape index (κ2) is 4.96. The van der Waals surface area contributed by atoms with Crippen molar-refractivity contribution in [2.24, 2.45) is 0 Å². The van der Waals surface area contributed by atoms with Crippen LogP contribution in [0.25, 0.3) is 0 Å². The maximum Gasteiger partial charge on any atom is 0.0605 e. The lowest BCUT2D eigenvalue weighted by Crippen LogP contribution is -2.37. The van der Waals surface area contributed by atoms with Crippen molar-refractivity contribution in [3.8, 4) is 0 Å². The zero-order valence-electron chi connectivity index (χ0n) is 11.1. The van der Waals surface area contributed by atoms with Crippen LogP contribution in [-0.2, 0) is 0 Å². The Balaban J connectivity index is 2.23. The fourth-order valence-corrected chi connectivity index (χ4v) is 2.68. The molecule has 2 rings (SSSR count). The quantitative estimate of drug-likeness (QED) is 0.812. The van der Waals surface area contributed by atoms with Gasteiger partial charge in [0.05, 0.1) is 11.4 Å². The number of para-hydroxylation sites is 1. The highest BCUT2D eigenvalue weighted by Crippen LogP contribution is 2.32. The van der Waals surface area contributed by atoms with Crippen molar-refractivity contribution in [3.05, 3.63) is 23.8 Å². The second-order valence-corrected chi connectivity index (χ2v) is 5.26. The first-order valence-electron chi connectivity index (χ1n) is 6.36. The van der Waals surface area contributed by atoms with Crippen molar-refractivity contribution in [1.29, 1.82) is 0 Å². The zero-order chi connectivity index (χ0) is 12.4. The van der Waals surface area contributed by atoms with Crippen molar-refractivity contribution >= 4 is 11.4 Å². The van der Waals surface area contributed by atoms with Crippen molar-refractivity contribution < 1.29 is 0 Å². The van der Waals surface area contributed by atoms with Gasteiger partial charge in [0.2, 0.25) is 0 Å². The average molecular weight is 233 g/mol. The van der Waals surface area contributed by atoms with Gasteiger partial charge in [-0.3, -0.25) is 0 Å². The number of aryl methyl sites for hydroxylation is 1. The predicted molar refractivity (Wildman–Crippen MR) is 74.5 cm³/mol. The summed E-state index contributed by atoms with van der Waals surface area (Å²) in [5, 5.41) is 0. The van der Waals surface area contributed by atoms with Gasteiger partial charge in [0.1, 0.15) is 0 Å². The van der Waals surface area contributed by atoms with E-state index in [1.165, 1.54) is 24.1 Å². The molecule has 0 saturated carbocycles. The SMILES string of the molecule is Cc1cccc(N2CCCC2CN(C)C)c1N. The second-order valence-electron chi connectivity index (χ2n) is 5.26. The molecule has 1 aromatic rings. The third kappa shape index (κ3) is 2.55. The van der Waals surface area contributed by atoms with Gasteiger partial charge in [-0.25, -0.2) is 0 Å². The van der Waals surface area contributed by atoms with Crippen LogP contribution in [0.15, 0.2) is 18.2 Å². The van der Waals surface area contributed by atoms with Crippen LogP contribution in [0.3, 0.4) is 0 Å². The van der Waals surface area contributed by atoms with E-state index in [4.69, 9.17) is 5.73 Å². The van der Waals surface area contributed by atoms with Gasteiger partial charge in [0.15, 0.2) is 0 Å². The normalized spacial score (nSPS) is 20.2. The topological polar surface area (TPSA) is 32.5 Å². The standard InChI is InChI=1S/C14H23N3/c1-11-6-4-8-13(14(11)15)17-9-5-7-12(17)10-16(2)3/h4,6,8,12H,5,7,9-10,15H2,1-3H3. The van der Waals surface area contributed by atoms with Gasteiger partial charge in [-0.15, -0.1) is 0 Å². The van der Waals surface area contributed by atoms with Crippen LogP contribution >= 0.6 is 0 Å². The minimum absolute atomic E-state index is 0.606. The van der Waals surface area contributed by atoms with E-state index in [1.54, 1.807) is 0 Å². The summed E-state index contributed by atoms with van der Waals surface area (Å²) in [4.78, 5) is 4.73. The summed E-state index contributed by atoms with van der Waals surface area (Å²) in [7, 11) is 4.27. The molecule has 0 amide bonds. The van der Waals surface area contributed by atoms with Gasteiger partial charge < -0.3 is 15.5 Å². The molecule has 1 fully saturated rings. The molecule has 2 N–H and O–H groups in total. The Morgan fingerprint density at radius 3 is 2.88 bits per heavy atom. The highest BCUT2D eigenvalue weighted by molar-refractivity contribution is 5.71.